The normalized spacial score (nSPS) is 31.7. The van der Waals surface area contributed by atoms with Gasteiger partial charge in [-0.2, -0.15) is 0 Å². The van der Waals surface area contributed by atoms with Crippen LogP contribution in [0.4, 0.5) is 0 Å². The van der Waals surface area contributed by atoms with E-state index in [1.54, 1.807) is 0 Å². The Morgan fingerprint density at radius 2 is 1.76 bits per heavy atom. The van der Waals surface area contributed by atoms with Crippen molar-refractivity contribution in [2.24, 2.45) is 0 Å². The number of hydrogen-bond acceptors (Lipinski definition) is 4. The molecule has 0 aliphatic carbocycles. The summed E-state index contributed by atoms with van der Waals surface area (Å²) in [5, 5.41) is 4.03. The molecule has 4 rings (SSSR count). The fourth-order valence-corrected chi connectivity index (χ4v) is 5.50. The summed E-state index contributed by atoms with van der Waals surface area (Å²) < 4.78 is 0. The number of aromatic nitrogens is 1. The molecule has 1 N–H and O–H groups in total. The van der Waals surface area contributed by atoms with E-state index < -0.39 is 0 Å². The Balaban J connectivity index is 1.23. The van der Waals surface area contributed by atoms with E-state index >= 15 is 0 Å². The molecule has 0 spiro atoms. The van der Waals surface area contributed by atoms with Crippen LogP contribution in [0.2, 0.25) is 0 Å². The number of hydrogen-bond donors (Lipinski definition) is 1. The highest BCUT2D eigenvalue weighted by Gasteiger charge is 2.42. The summed E-state index contributed by atoms with van der Waals surface area (Å²) in [5.74, 6) is 0. The number of likely N-dealkylation sites (tertiary alicyclic amines) is 1. The Bertz CT molecular complexity index is 524. The Labute approximate surface area is 153 Å². The first-order valence-corrected chi connectivity index (χ1v) is 10.3. The molecule has 1 aromatic heterocycles. The highest BCUT2D eigenvalue weighted by atomic mass is 15.3. The van der Waals surface area contributed by atoms with Crippen LogP contribution in [0, 0.1) is 0 Å². The summed E-state index contributed by atoms with van der Waals surface area (Å²) in [4.78, 5) is 9.83. The largest absolute Gasteiger partial charge is 0.311 e. The van der Waals surface area contributed by atoms with Crippen molar-refractivity contribution in [3.63, 3.8) is 0 Å². The average molecular weight is 343 g/mol. The lowest BCUT2D eigenvalue weighted by Gasteiger charge is -2.43. The van der Waals surface area contributed by atoms with Crippen molar-refractivity contribution in [2.75, 3.05) is 13.1 Å². The van der Waals surface area contributed by atoms with E-state index in [1.807, 2.05) is 12.3 Å². The minimum atomic E-state index is 0.716. The molecular formula is C21H34N4. The van der Waals surface area contributed by atoms with Crippen molar-refractivity contribution < 1.29 is 0 Å². The molecule has 3 aliphatic heterocycles. The van der Waals surface area contributed by atoms with Gasteiger partial charge in [0.15, 0.2) is 0 Å². The van der Waals surface area contributed by atoms with Crippen LogP contribution in [0.15, 0.2) is 24.4 Å². The third kappa shape index (κ3) is 4.07. The predicted molar refractivity (Wildman–Crippen MR) is 102 cm³/mol. The topological polar surface area (TPSA) is 31.4 Å². The van der Waals surface area contributed by atoms with Crippen LogP contribution >= 0.6 is 0 Å². The lowest BCUT2D eigenvalue weighted by atomic mass is 9.93. The van der Waals surface area contributed by atoms with Crippen molar-refractivity contribution in [2.45, 2.75) is 89.1 Å². The maximum Gasteiger partial charge on any atom is 0.0543 e. The highest BCUT2D eigenvalue weighted by Crippen LogP contribution is 2.37. The van der Waals surface area contributed by atoms with Crippen LogP contribution < -0.4 is 5.32 Å². The Morgan fingerprint density at radius 3 is 2.36 bits per heavy atom. The van der Waals surface area contributed by atoms with E-state index in [0.717, 1.165) is 30.7 Å². The van der Waals surface area contributed by atoms with Crippen LogP contribution in [-0.2, 0) is 6.54 Å². The average Bonchev–Trinajstić information content (AvgIpc) is 2.89. The molecule has 138 valence electrons. The second kappa shape index (κ2) is 7.73. The van der Waals surface area contributed by atoms with Crippen LogP contribution in [0.25, 0.3) is 0 Å². The highest BCUT2D eigenvalue weighted by molar-refractivity contribution is 5.04. The summed E-state index contributed by atoms with van der Waals surface area (Å²) in [6, 6.07) is 10.1. The molecule has 2 unspecified atom stereocenters. The molecule has 2 atom stereocenters. The fraction of sp³-hybridized carbons (Fsp3) is 0.762. The first-order chi connectivity index (χ1) is 12.2. The molecule has 0 aromatic carbocycles. The third-order valence-electron chi connectivity index (χ3n) is 6.56. The van der Waals surface area contributed by atoms with Crippen LogP contribution in [0.5, 0.6) is 0 Å². The van der Waals surface area contributed by atoms with E-state index in [2.05, 4.69) is 46.1 Å². The lowest BCUT2D eigenvalue weighted by molar-refractivity contribution is 0.0767. The molecule has 3 saturated heterocycles. The second-order valence-electron chi connectivity index (χ2n) is 8.63. The quantitative estimate of drug-likeness (QED) is 0.891. The minimum Gasteiger partial charge on any atom is -0.311 e. The van der Waals surface area contributed by atoms with E-state index in [1.165, 1.54) is 57.3 Å². The van der Waals surface area contributed by atoms with E-state index in [0.29, 0.717) is 6.04 Å². The molecule has 3 aliphatic rings. The number of rotatable bonds is 5. The van der Waals surface area contributed by atoms with Crippen molar-refractivity contribution in [1.29, 1.82) is 0 Å². The smallest absolute Gasteiger partial charge is 0.0543 e. The molecule has 1 aromatic rings. The van der Waals surface area contributed by atoms with E-state index in [4.69, 9.17) is 0 Å². The Morgan fingerprint density at radius 1 is 1.04 bits per heavy atom. The number of fused-ring (bicyclic) bond motifs is 2. The maximum atomic E-state index is 4.47. The first-order valence-electron chi connectivity index (χ1n) is 10.3. The van der Waals surface area contributed by atoms with Crippen LogP contribution in [0.1, 0.15) is 58.1 Å². The van der Waals surface area contributed by atoms with Gasteiger partial charge in [0.25, 0.3) is 0 Å². The molecule has 4 nitrogen and oxygen atoms in total. The van der Waals surface area contributed by atoms with Gasteiger partial charge in [0.2, 0.25) is 0 Å². The zero-order valence-corrected chi connectivity index (χ0v) is 15.9. The molecule has 0 radical (unpaired) electrons. The molecule has 25 heavy (non-hydrogen) atoms. The number of piperidine rings is 2. The Kier molecular flexibility index (Phi) is 5.39. The van der Waals surface area contributed by atoms with Crippen molar-refractivity contribution in [3.8, 4) is 0 Å². The number of pyridine rings is 1. The van der Waals surface area contributed by atoms with Gasteiger partial charge in [0.05, 0.1) is 5.69 Å². The summed E-state index contributed by atoms with van der Waals surface area (Å²) in [6.45, 7) is 8.15. The van der Waals surface area contributed by atoms with Crippen molar-refractivity contribution in [1.82, 2.24) is 20.1 Å². The van der Waals surface area contributed by atoms with E-state index in [9.17, 15) is 0 Å². The molecule has 3 fully saturated rings. The molecular weight excluding hydrogens is 308 g/mol. The first kappa shape index (κ1) is 17.4. The third-order valence-corrected chi connectivity index (χ3v) is 6.56. The minimum absolute atomic E-state index is 0.716. The molecule has 4 heterocycles. The van der Waals surface area contributed by atoms with Gasteiger partial charge in [0, 0.05) is 56.0 Å². The molecule has 2 bridgehead atoms. The number of nitrogens with one attached hydrogen (secondary N) is 1. The zero-order chi connectivity index (χ0) is 17.2. The van der Waals surface area contributed by atoms with E-state index in [-0.39, 0.29) is 0 Å². The predicted octanol–water partition coefficient (Wildman–Crippen LogP) is 3.04. The summed E-state index contributed by atoms with van der Waals surface area (Å²) >= 11 is 0. The van der Waals surface area contributed by atoms with Gasteiger partial charge in [-0.25, -0.2) is 0 Å². The van der Waals surface area contributed by atoms with Crippen molar-refractivity contribution in [3.05, 3.63) is 30.1 Å². The lowest BCUT2D eigenvalue weighted by Crippen LogP contribution is -2.54. The maximum absolute atomic E-state index is 4.47. The SMILES string of the molecule is CC(C)N1C2CCC1CC(NC1CCN(Cc3ccccn3)CC1)C2. The van der Waals surface area contributed by atoms with Gasteiger partial charge < -0.3 is 5.32 Å². The summed E-state index contributed by atoms with van der Waals surface area (Å²) in [7, 11) is 0. The van der Waals surface area contributed by atoms with Gasteiger partial charge in [0.1, 0.15) is 0 Å². The molecule has 0 amide bonds. The van der Waals surface area contributed by atoms with Gasteiger partial charge in [-0.1, -0.05) is 6.07 Å². The van der Waals surface area contributed by atoms with Gasteiger partial charge in [-0.15, -0.1) is 0 Å². The van der Waals surface area contributed by atoms with Gasteiger partial charge in [-0.3, -0.25) is 14.8 Å². The van der Waals surface area contributed by atoms with Gasteiger partial charge >= 0.3 is 0 Å². The Hall–Kier alpha value is -0.970. The van der Waals surface area contributed by atoms with Crippen LogP contribution in [-0.4, -0.2) is 58.1 Å². The number of nitrogens with zero attached hydrogens (tertiary/aromatic N) is 3. The van der Waals surface area contributed by atoms with Crippen LogP contribution in [0.3, 0.4) is 0 Å². The monoisotopic (exact) mass is 342 g/mol. The standard InChI is InChI=1S/C21H34N4/c1-16(2)25-20-6-7-21(25)14-19(13-20)23-17-8-11-24(12-9-17)15-18-5-3-4-10-22-18/h3-5,10,16-17,19-21,23H,6-9,11-15H2,1-2H3. The molecule has 4 heteroatoms. The molecule has 0 saturated carbocycles. The van der Waals surface area contributed by atoms with Gasteiger partial charge in [-0.05, 0) is 64.5 Å². The summed E-state index contributed by atoms with van der Waals surface area (Å²) in [6.07, 6.45) is 10.0. The zero-order valence-electron chi connectivity index (χ0n) is 15.9. The summed E-state index contributed by atoms with van der Waals surface area (Å²) in [5.41, 5.74) is 1.20. The second-order valence-corrected chi connectivity index (χ2v) is 8.63. The van der Waals surface area contributed by atoms with Crippen molar-refractivity contribution >= 4 is 0 Å². The fourth-order valence-electron chi connectivity index (χ4n) is 5.50.